The van der Waals surface area contributed by atoms with Crippen LogP contribution in [0.2, 0.25) is 0 Å². The average molecular weight is 313 g/mol. The first kappa shape index (κ1) is 14.5. The van der Waals surface area contributed by atoms with Gasteiger partial charge in [-0.3, -0.25) is 14.0 Å². The Kier molecular flexibility index (Phi) is 3.54. The molecule has 0 fully saturated rings. The Labute approximate surface area is 131 Å². The number of aromatic nitrogens is 2. The number of aryl methyl sites for hydroxylation is 3. The molecule has 3 aromatic rings. The first-order valence-corrected chi connectivity index (χ1v) is 7.65. The molecule has 6 heteroatoms. The maximum atomic E-state index is 12.5. The van der Waals surface area contributed by atoms with Gasteiger partial charge in [-0.15, -0.1) is 11.3 Å². The summed E-state index contributed by atoms with van der Waals surface area (Å²) in [7, 11) is 0. The highest BCUT2D eigenvalue weighted by Crippen LogP contribution is 2.18. The number of amides is 1. The highest BCUT2D eigenvalue weighted by atomic mass is 32.1. The summed E-state index contributed by atoms with van der Waals surface area (Å²) in [4.78, 5) is 30.7. The average Bonchev–Trinajstić information content (AvgIpc) is 2.77. The fourth-order valence-corrected chi connectivity index (χ4v) is 3.10. The third-order valence-corrected chi connectivity index (χ3v) is 4.64. The second-order valence-electron chi connectivity index (χ2n) is 5.16. The number of rotatable bonds is 2. The Morgan fingerprint density at radius 3 is 2.55 bits per heavy atom. The molecule has 3 rings (SSSR count). The van der Waals surface area contributed by atoms with Gasteiger partial charge in [0.2, 0.25) is 0 Å². The van der Waals surface area contributed by atoms with E-state index in [1.165, 1.54) is 21.9 Å². The van der Waals surface area contributed by atoms with Crippen molar-refractivity contribution in [2.45, 2.75) is 20.8 Å². The van der Waals surface area contributed by atoms with Crippen molar-refractivity contribution in [3.05, 3.63) is 62.5 Å². The third kappa shape index (κ3) is 2.42. The molecule has 0 saturated heterocycles. The number of hydrogen-bond donors (Lipinski definition) is 1. The molecule has 0 radical (unpaired) electrons. The van der Waals surface area contributed by atoms with E-state index in [0.29, 0.717) is 10.6 Å². The lowest BCUT2D eigenvalue weighted by Crippen LogP contribution is -2.26. The summed E-state index contributed by atoms with van der Waals surface area (Å²) in [5.74, 6) is -0.445. The lowest BCUT2D eigenvalue weighted by molar-refractivity contribution is 0.102. The molecule has 1 N–H and O–H groups in total. The molecule has 2 aromatic heterocycles. The molecule has 1 amide bonds. The number of benzene rings is 1. The lowest BCUT2D eigenvalue weighted by atomic mass is 10.2. The van der Waals surface area contributed by atoms with Crippen LogP contribution in [-0.2, 0) is 0 Å². The van der Waals surface area contributed by atoms with Crippen molar-refractivity contribution in [2.24, 2.45) is 0 Å². The molecule has 0 aliphatic rings. The SMILES string of the molecule is Cc1ccc(NC(=O)c2cnc3sc(C)c(C)n3c2=O)cc1. The summed E-state index contributed by atoms with van der Waals surface area (Å²) < 4.78 is 1.49. The van der Waals surface area contributed by atoms with Gasteiger partial charge >= 0.3 is 0 Å². The molecule has 2 heterocycles. The molecule has 0 unspecified atom stereocenters. The fraction of sp³-hybridized carbons (Fsp3) is 0.188. The largest absolute Gasteiger partial charge is 0.322 e. The van der Waals surface area contributed by atoms with E-state index in [1.807, 2.05) is 32.9 Å². The summed E-state index contributed by atoms with van der Waals surface area (Å²) in [6.07, 6.45) is 1.34. The number of carbonyl (C=O) groups is 1. The molecule has 0 atom stereocenters. The third-order valence-electron chi connectivity index (χ3n) is 3.57. The Hall–Kier alpha value is -2.47. The molecule has 0 aliphatic heterocycles. The standard InChI is InChI=1S/C16H15N3O2S/c1-9-4-6-12(7-5-9)18-14(20)13-8-17-16-19(15(13)21)10(2)11(3)22-16/h4-8H,1-3H3,(H,18,20). The maximum Gasteiger partial charge on any atom is 0.271 e. The van der Waals surface area contributed by atoms with Crippen molar-refractivity contribution in [2.75, 3.05) is 5.32 Å². The monoisotopic (exact) mass is 313 g/mol. The van der Waals surface area contributed by atoms with Gasteiger partial charge in [0.15, 0.2) is 4.96 Å². The van der Waals surface area contributed by atoms with Crippen LogP contribution in [0.5, 0.6) is 0 Å². The molecule has 0 saturated carbocycles. The van der Waals surface area contributed by atoms with Crippen LogP contribution in [0.25, 0.3) is 4.96 Å². The summed E-state index contributed by atoms with van der Waals surface area (Å²) in [5.41, 5.74) is 2.28. The molecular weight excluding hydrogens is 298 g/mol. The van der Waals surface area contributed by atoms with E-state index in [-0.39, 0.29) is 11.1 Å². The fourth-order valence-electron chi connectivity index (χ4n) is 2.17. The van der Waals surface area contributed by atoms with Gasteiger partial charge in [0.05, 0.1) is 0 Å². The summed E-state index contributed by atoms with van der Waals surface area (Å²) >= 11 is 1.44. The number of thiazole rings is 1. The van der Waals surface area contributed by atoms with E-state index in [9.17, 15) is 9.59 Å². The quantitative estimate of drug-likeness (QED) is 0.791. The molecular formula is C16H15N3O2S. The number of nitrogens with zero attached hydrogens (tertiary/aromatic N) is 2. The summed E-state index contributed by atoms with van der Waals surface area (Å²) in [6, 6.07) is 7.40. The second-order valence-corrected chi connectivity index (χ2v) is 6.34. The zero-order valence-corrected chi connectivity index (χ0v) is 13.3. The topological polar surface area (TPSA) is 63.5 Å². The van der Waals surface area contributed by atoms with E-state index in [0.717, 1.165) is 16.1 Å². The predicted molar refractivity (Wildman–Crippen MR) is 87.9 cm³/mol. The van der Waals surface area contributed by atoms with Crippen LogP contribution >= 0.6 is 11.3 Å². The minimum absolute atomic E-state index is 0.0407. The molecule has 1 aromatic carbocycles. The van der Waals surface area contributed by atoms with Crippen molar-refractivity contribution in [3.8, 4) is 0 Å². The minimum Gasteiger partial charge on any atom is -0.322 e. The number of fused-ring (bicyclic) bond motifs is 1. The highest BCUT2D eigenvalue weighted by Gasteiger charge is 2.16. The van der Waals surface area contributed by atoms with Gasteiger partial charge in [0.1, 0.15) is 5.56 Å². The van der Waals surface area contributed by atoms with Crippen molar-refractivity contribution in [3.63, 3.8) is 0 Å². The smallest absolute Gasteiger partial charge is 0.271 e. The maximum absolute atomic E-state index is 12.5. The Morgan fingerprint density at radius 1 is 1.18 bits per heavy atom. The van der Waals surface area contributed by atoms with Gasteiger partial charge in [-0.1, -0.05) is 17.7 Å². The molecule has 0 bridgehead atoms. The van der Waals surface area contributed by atoms with Crippen molar-refractivity contribution in [1.29, 1.82) is 0 Å². The minimum atomic E-state index is -0.445. The first-order chi connectivity index (χ1) is 10.5. The van der Waals surface area contributed by atoms with Crippen molar-refractivity contribution in [1.82, 2.24) is 9.38 Å². The van der Waals surface area contributed by atoms with E-state index in [1.54, 1.807) is 12.1 Å². The Balaban J connectivity index is 2.01. The lowest BCUT2D eigenvalue weighted by Gasteiger charge is -2.05. The molecule has 112 valence electrons. The van der Waals surface area contributed by atoms with E-state index in [4.69, 9.17) is 0 Å². The zero-order valence-electron chi connectivity index (χ0n) is 12.5. The molecule has 0 aliphatic carbocycles. The van der Waals surface area contributed by atoms with Crippen LogP contribution in [-0.4, -0.2) is 15.3 Å². The molecule has 0 spiro atoms. The van der Waals surface area contributed by atoms with Gasteiger partial charge < -0.3 is 5.32 Å². The van der Waals surface area contributed by atoms with Gasteiger partial charge in [-0.25, -0.2) is 4.98 Å². The van der Waals surface area contributed by atoms with Crippen LogP contribution in [0.15, 0.2) is 35.3 Å². The van der Waals surface area contributed by atoms with E-state index < -0.39 is 5.91 Å². The van der Waals surface area contributed by atoms with Gasteiger partial charge in [-0.05, 0) is 32.9 Å². The normalized spacial score (nSPS) is 10.9. The van der Waals surface area contributed by atoms with Crippen LogP contribution in [0, 0.1) is 20.8 Å². The predicted octanol–water partition coefficient (Wildman–Crippen LogP) is 2.93. The Bertz CT molecular complexity index is 923. The summed E-state index contributed by atoms with van der Waals surface area (Å²) in [6.45, 7) is 5.75. The number of nitrogens with one attached hydrogen (secondary N) is 1. The second kappa shape index (κ2) is 5.38. The van der Waals surface area contributed by atoms with Crippen LogP contribution < -0.4 is 10.9 Å². The van der Waals surface area contributed by atoms with E-state index in [2.05, 4.69) is 10.3 Å². The van der Waals surface area contributed by atoms with Gasteiger partial charge in [-0.2, -0.15) is 0 Å². The highest BCUT2D eigenvalue weighted by molar-refractivity contribution is 7.17. The van der Waals surface area contributed by atoms with Crippen molar-refractivity contribution >= 4 is 27.9 Å². The van der Waals surface area contributed by atoms with Gasteiger partial charge in [0, 0.05) is 22.5 Å². The number of anilines is 1. The Morgan fingerprint density at radius 2 is 1.86 bits per heavy atom. The van der Waals surface area contributed by atoms with Gasteiger partial charge in [0.25, 0.3) is 11.5 Å². The van der Waals surface area contributed by atoms with Crippen LogP contribution in [0.4, 0.5) is 5.69 Å². The number of carbonyl (C=O) groups excluding carboxylic acids is 1. The van der Waals surface area contributed by atoms with Crippen LogP contribution in [0.1, 0.15) is 26.5 Å². The summed E-state index contributed by atoms with van der Waals surface area (Å²) in [5, 5.41) is 2.73. The first-order valence-electron chi connectivity index (χ1n) is 6.83. The zero-order chi connectivity index (χ0) is 15.9. The van der Waals surface area contributed by atoms with E-state index >= 15 is 0 Å². The number of hydrogen-bond acceptors (Lipinski definition) is 4. The molecule has 5 nitrogen and oxygen atoms in total. The van der Waals surface area contributed by atoms with Crippen molar-refractivity contribution < 1.29 is 4.79 Å². The van der Waals surface area contributed by atoms with Crippen LogP contribution in [0.3, 0.4) is 0 Å². The molecule has 22 heavy (non-hydrogen) atoms.